The van der Waals surface area contributed by atoms with E-state index >= 15 is 0 Å². The van der Waals surface area contributed by atoms with Gasteiger partial charge >= 0.3 is 0 Å². The molecule has 0 spiro atoms. The number of aromatic nitrogens is 1. The van der Waals surface area contributed by atoms with Crippen LogP contribution < -0.4 is 0 Å². The van der Waals surface area contributed by atoms with Gasteiger partial charge in [-0.1, -0.05) is 31.5 Å². The van der Waals surface area contributed by atoms with Crippen LogP contribution in [-0.2, 0) is 6.42 Å². The lowest BCUT2D eigenvalue weighted by Gasteiger charge is -2.28. The van der Waals surface area contributed by atoms with Crippen LogP contribution in [0.2, 0.25) is 0 Å². The average molecular weight is 268 g/mol. The molecule has 0 amide bonds. The Balaban J connectivity index is 1.48. The molecule has 0 radical (unpaired) electrons. The van der Waals surface area contributed by atoms with Crippen LogP contribution in [0.4, 0.5) is 0 Å². The summed E-state index contributed by atoms with van der Waals surface area (Å²) < 4.78 is 0. The summed E-state index contributed by atoms with van der Waals surface area (Å²) in [6, 6.07) is 8.66. The van der Waals surface area contributed by atoms with Gasteiger partial charge in [0.25, 0.3) is 0 Å². The Morgan fingerprint density at radius 3 is 3.10 bits per heavy atom. The molecule has 1 aromatic carbocycles. The van der Waals surface area contributed by atoms with Crippen LogP contribution in [0.25, 0.3) is 10.9 Å². The highest BCUT2D eigenvalue weighted by Gasteiger charge is 2.60. The van der Waals surface area contributed by atoms with E-state index in [1.807, 2.05) is 0 Å². The largest absolute Gasteiger partial charge is 0.361 e. The van der Waals surface area contributed by atoms with Crippen molar-refractivity contribution in [3.63, 3.8) is 0 Å². The summed E-state index contributed by atoms with van der Waals surface area (Å²) in [7, 11) is 0. The topological polar surface area (TPSA) is 19.0 Å². The van der Waals surface area contributed by atoms with Gasteiger partial charge in [0.15, 0.2) is 0 Å². The highest BCUT2D eigenvalue weighted by Crippen LogP contribution is 2.58. The van der Waals surface area contributed by atoms with Crippen LogP contribution in [0.5, 0.6) is 0 Å². The highest BCUT2D eigenvalue weighted by atomic mass is 15.3. The molecule has 1 N–H and O–H groups in total. The van der Waals surface area contributed by atoms with E-state index in [1.165, 1.54) is 61.7 Å². The average Bonchev–Trinajstić information content (AvgIpc) is 2.87. The minimum Gasteiger partial charge on any atom is -0.361 e. The van der Waals surface area contributed by atoms with Gasteiger partial charge in [-0.05, 0) is 49.8 Å². The van der Waals surface area contributed by atoms with Gasteiger partial charge in [0.1, 0.15) is 0 Å². The smallest absolute Gasteiger partial charge is 0.0456 e. The van der Waals surface area contributed by atoms with Crippen molar-refractivity contribution in [1.82, 2.24) is 9.88 Å². The van der Waals surface area contributed by atoms with Gasteiger partial charge in [0.2, 0.25) is 0 Å². The zero-order valence-corrected chi connectivity index (χ0v) is 12.4. The Kier molecular flexibility index (Phi) is 2.88. The molecule has 1 saturated carbocycles. The Morgan fingerprint density at radius 1 is 1.35 bits per heavy atom. The summed E-state index contributed by atoms with van der Waals surface area (Å²) in [6.45, 7) is 4.89. The van der Waals surface area contributed by atoms with Crippen molar-refractivity contribution in [2.75, 3.05) is 13.1 Å². The summed E-state index contributed by atoms with van der Waals surface area (Å²) in [5.41, 5.74) is 3.37. The van der Waals surface area contributed by atoms with Crippen LogP contribution in [0, 0.1) is 5.92 Å². The van der Waals surface area contributed by atoms with Gasteiger partial charge in [-0.15, -0.1) is 0 Å². The number of hydrogen-bond donors (Lipinski definition) is 1. The molecule has 2 heterocycles. The second-order valence-electron chi connectivity index (χ2n) is 6.64. The fraction of sp³-hybridized carbons (Fsp3) is 0.556. The monoisotopic (exact) mass is 268 g/mol. The maximum Gasteiger partial charge on any atom is 0.0456 e. The highest BCUT2D eigenvalue weighted by molar-refractivity contribution is 5.83. The molecular formula is C18H24N2. The van der Waals surface area contributed by atoms with E-state index in [4.69, 9.17) is 0 Å². The number of piperidine rings is 1. The molecule has 2 aromatic rings. The van der Waals surface area contributed by atoms with Gasteiger partial charge < -0.3 is 4.98 Å². The van der Waals surface area contributed by atoms with Crippen molar-refractivity contribution in [2.45, 2.75) is 44.6 Å². The van der Waals surface area contributed by atoms with Crippen LogP contribution in [-0.4, -0.2) is 28.5 Å². The third-order valence-electron chi connectivity index (χ3n) is 5.59. The maximum atomic E-state index is 3.40. The number of rotatable bonds is 5. The molecule has 2 atom stereocenters. The van der Waals surface area contributed by atoms with Crippen molar-refractivity contribution in [3.8, 4) is 0 Å². The Hall–Kier alpha value is -1.28. The standard InChI is InChI=1S/C18H24N2/c1-2-9-18-12-15(18)8-11-20(18)10-7-14-13-19-17-6-4-3-5-16(14)17/h3-6,13,15,19H,2,7-12H2,1H3/t15-,18+/m1/s1. The second-order valence-corrected chi connectivity index (χ2v) is 6.64. The van der Waals surface area contributed by atoms with Gasteiger partial charge in [-0.25, -0.2) is 0 Å². The van der Waals surface area contributed by atoms with Crippen molar-refractivity contribution >= 4 is 10.9 Å². The fourth-order valence-electron chi connectivity index (χ4n) is 4.49. The van der Waals surface area contributed by atoms with E-state index < -0.39 is 0 Å². The molecule has 0 unspecified atom stereocenters. The predicted octanol–water partition coefficient (Wildman–Crippen LogP) is 3.97. The molecule has 106 valence electrons. The molecule has 0 bridgehead atoms. The van der Waals surface area contributed by atoms with E-state index in [0.717, 1.165) is 5.92 Å². The molecular weight excluding hydrogens is 244 g/mol. The van der Waals surface area contributed by atoms with Crippen LogP contribution in [0.3, 0.4) is 0 Å². The maximum absolute atomic E-state index is 3.40. The van der Waals surface area contributed by atoms with E-state index in [0.29, 0.717) is 5.54 Å². The first-order valence-corrected chi connectivity index (χ1v) is 8.13. The summed E-state index contributed by atoms with van der Waals surface area (Å²) in [5, 5.41) is 1.41. The number of hydrogen-bond acceptors (Lipinski definition) is 1. The molecule has 1 aliphatic carbocycles. The van der Waals surface area contributed by atoms with Gasteiger partial charge in [-0.3, -0.25) is 4.90 Å². The first-order chi connectivity index (χ1) is 9.83. The minimum absolute atomic E-state index is 0.612. The van der Waals surface area contributed by atoms with Crippen molar-refractivity contribution in [1.29, 1.82) is 0 Å². The van der Waals surface area contributed by atoms with Crippen LogP contribution >= 0.6 is 0 Å². The third kappa shape index (κ3) is 1.81. The van der Waals surface area contributed by atoms with Crippen molar-refractivity contribution in [2.24, 2.45) is 5.92 Å². The van der Waals surface area contributed by atoms with E-state index in [2.05, 4.69) is 47.3 Å². The van der Waals surface area contributed by atoms with Crippen LogP contribution in [0.1, 0.15) is 38.2 Å². The zero-order chi connectivity index (χ0) is 13.6. The first-order valence-electron chi connectivity index (χ1n) is 8.13. The second kappa shape index (κ2) is 4.63. The molecule has 2 heteroatoms. The third-order valence-corrected chi connectivity index (χ3v) is 5.59. The Bertz CT molecular complexity index is 615. The molecule has 4 rings (SSSR count). The number of aromatic amines is 1. The number of H-pyrrole nitrogens is 1. The summed E-state index contributed by atoms with van der Waals surface area (Å²) in [4.78, 5) is 6.20. The van der Waals surface area contributed by atoms with E-state index in [-0.39, 0.29) is 0 Å². The minimum atomic E-state index is 0.612. The molecule has 1 aromatic heterocycles. The van der Waals surface area contributed by atoms with Crippen molar-refractivity contribution in [3.05, 3.63) is 36.0 Å². The molecule has 2 fully saturated rings. The molecule has 20 heavy (non-hydrogen) atoms. The molecule has 1 aliphatic heterocycles. The van der Waals surface area contributed by atoms with Gasteiger partial charge in [-0.2, -0.15) is 0 Å². The lowest BCUT2D eigenvalue weighted by Crippen LogP contribution is -2.36. The number of fused-ring (bicyclic) bond motifs is 2. The van der Waals surface area contributed by atoms with Gasteiger partial charge in [0.05, 0.1) is 0 Å². The molecule has 2 aliphatic rings. The lowest BCUT2D eigenvalue weighted by atomic mass is 10.1. The zero-order valence-electron chi connectivity index (χ0n) is 12.4. The Labute approximate surface area is 121 Å². The quantitative estimate of drug-likeness (QED) is 0.869. The van der Waals surface area contributed by atoms with Crippen LogP contribution in [0.15, 0.2) is 30.5 Å². The number of nitrogens with one attached hydrogen (secondary N) is 1. The SMILES string of the molecule is CCC[C@]12C[C@H]1CCN2CCc1c[nH]c2ccccc12. The summed E-state index contributed by atoms with van der Waals surface area (Å²) >= 11 is 0. The van der Waals surface area contributed by atoms with E-state index in [1.54, 1.807) is 0 Å². The Morgan fingerprint density at radius 2 is 2.25 bits per heavy atom. The first kappa shape index (κ1) is 12.5. The summed E-state index contributed by atoms with van der Waals surface area (Å²) in [5.74, 6) is 1.02. The summed E-state index contributed by atoms with van der Waals surface area (Å²) in [6.07, 6.45) is 9.04. The molecule has 1 saturated heterocycles. The number of benzene rings is 1. The van der Waals surface area contributed by atoms with E-state index in [9.17, 15) is 0 Å². The van der Waals surface area contributed by atoms with Gasteiger partial charge in [0, 0.05) is 29.2 Å². The number of nitrogens with zero attached hydrogens (tertiary/aromatic N) is 1. The van der Waals surface area contributed by atoms with Crippen molar-refractivity contribution < 1.29 is 0 Å². The predicted molar refractivity (Wildman–Crippen MR) is 83.9 cm³/mol. The fourth-order valence-corrected chi connectivity index (χ4v) is 4.49. The number of likely N-dealkylation sites (tertiary alicyclic amines) is 1. The lowest BCUT2D eigenvalue weighted by molar-refractivity contribution is 0.200. The number of para-hydroxylation sites is 1. The normalized spacial score (nSPS) is 28.9. The molecule has 2 nitrogen and oxygen atoms in total.